The fourth-order valence-electron chi connectivity index (χ4n) is 3.65. The first-order valence-electron chi connectivity index (χ1n) is 12.7. The smallest absolute Gasteiger partial charge is 0.337 e. The van der Waals surface area contributed by atoms with Crippen molar-refractivity contribution < 1.29 is 28.5 Å². The molecule has 7 nitrogen and oxygen atoms in total. The van der Waals surface area contributed by atoms with Gasteiger partial charge >= 0.3 is 11.9 Å². The van der Waals surface area contributed by atoms with Crippen molar-refractivity contribution >= 4 is 18.0 Å². The largest absolute Gasteiger partial charge is 0.497 e. The van der Waals surface area contributed by atoms with Gasteiger partial charge in [-0.1, -0.05) is 36.3 Å². The molecule has 0 fully saturated rings. The number of benzene rings is 2. The van der Waals surface area contributed by atoms with E-state index >= 15 is 0 Å². The summed E-state index contributed by atoms with van der Waals surface area (Å²) >= 11 is 0. The van der Waals surface area contributed by atoms with Gasteiger partial charge in [0.05, 0.1) is 45.6 Å². The average molecular weight is 528 g/mol. The number of unbranched alkanes of at least 4 members (excludes halogenated alkanes) is 2. The molecule has 0 atom stereocenters. The Labute approximate surface area is 229 Å². The highest BCUT2D eigenvalue weighted by molar-refractivity contribution is 5.89. The van der Waals surface area contributed by atoms with E-state index in [1.807, 2.05) is 30.3 Å². The molecule has 0 N–H and O–H groups in total. The van der Waals surface area contributed by atoms with Crippen LogP contribution in [0.5, 0.6) is 11.5 Å². The topological polar surface area (TPSA) is 84.0 Å². The highest BCUT2D eigenvalue weighted by Gasteiger charge is 2.10. The zero-order valence-electron chi connectivity index (χ0n) is 22.6. The van der Waals surface area contributed by atoms with Crippen molar-refractivity contribution in [3.63, 3.8) is 0 Å². The van der Waals surface area contributed by atoms with Gasteiger partial charge in [-0.2, -0.15) is 0 Å². The van der Waals surface area contributed by atoms with Gasteiger partial charge in [0.25, 0.3) is 0 Å². The second-order valence-electron chi connectivity index (χ2n) is 8.56. The normalized spacial score (nSPS) is 10.4. The Morgan fingerprint density at radius 3 is 2.49 bits per heavy atom. The van der Waals surface area contributed by atoms with Gasteiger partial charge in [0.1, 0.15) is 17.2 Å². The highest BCUT2D eigenvalue weighted by Crippen LogP contribution is 2.20. The van der Waals surface area contributed by atoms with Crippen LogP contribution in [0.1, 0.15) is 58.6 Å². The van der Waals surface area contributed by atoms with Gasteiger partial charge in [0.2, 0.25) is 0 Å². The fraction of sp³-hybridized carbons (Fsp3) is 0.281. The molecule has 0 spiro atoms. The maximum atomic E-state index is 11.8. The molecule has 3 aromatic rings. The first-order chi connectivity index (χ1) is 19.0. The number of aromatic nitrogens is 1. The lowest BCUT2D eigenvalue weighted by Gasteiger charge is -2.11. The zero-order chi connectivity index (χ0) is 27.9. The van der Waals surface area contributed by atoms with Gasteiger partial charge < -0.3 is 18.9 Å². The van der Waals surface area contributed by atoms with E-state index < -0.39 is 5.97 Å². The minimum Gasteiger partial charge on any atom is -0.497 e. The standard InChI is InChI=1S/C32H33NO6/c1-36-28-17-13-24(14-18-28)9-6-4-5-7-22-39-30-20-16-27(33-29(30)19-21-31(34)37-2)15-12-25-10-8-11-26(23-25)32(35)38-3/h6,8-11,13-14,16-18,20,23H,4-5,7,19,21-22H2,1-3H3. The maximum Gasteiger partial charge on any atom is 0.337 e. The van der Waals surface area contributed by atoms with Crippen molar-refractivity contribution in [1.29, 1.82) is 0 Å². The van der Waals surface area contributed by atoms with E-state index in [1.54, 1.807) is 37.4 Å². The Hall–Kier alpha value is -4.57. The van der Waals surface area contributed by atoms with Crippen molar-refractivity contribution in [2.24, 2.45) is 0 Å². The molecule has 3 rings (SSSR count). The SMILES string of the molecule is COC(=O)CCc1nc(C#Cc2cccc(C(=O)OC)c2)ccc1OCCCCC=Cc1ccc(OC)cc1. The second-order valence-corrected chi connectivity index (χ2v) is 8.56. The van der Waals surface area contributed by atoms with E-state index in [0.29, 0.717) is 41.3 Å². The van der Waals surface area contributed by atoms with Crippen LogP contribution in [0.2, 0.25) is 0 Å². The number of hydrogen-bond acceptors (Lipinski definition) is 7. The number of carbonyl (C=O) groups is 2. The van der Waals surface area contributed by atoms with Crippen LogP contribution < -0.4 is 9.47 Å². The minimum atomic E-state index is -0.420. The summed E-state index contributed by atoms with van der Waals surface area (Å²) in [5.41, 5.74) is 3.41. The van der Waals surface area contributed by atoms with E-state index in [1.165, 1.54) is 14.2 Å². The summed E-state index contributed by atoms with van der Waals surface area (Å²) in [5.74, 6) is 6.79. The Morgan fingerprint density at radius 1 is 0.923 bits per heavy atom. The average Bonchev–Trinajstić information content (AvgIpc) is 2.98. The summed E-state index contributed by atoms with van der Waals surface area (Å²) in [4.78, 5) is 28.1. The number of nitrogens with zero attached hydrogens (tertiary/aromatic N) is 1. The molecule has 2 aromatic carbocycles. The minimum absolute atomic E-state index is 0.189. The third-order valence-corrected chi connectivity index (χ3v) is 5.79. The maximum absolute atomic E-state index is 11.8. The number of ether oxygens (including phenoxy) is 4. The molecule has 0 unspecified atom stereocenters. The number of carbonyl (C=O) groups excluding carboxylic acids is 2. The molecule has 0 aliphatic heterocycles. The van der Waals surface area contributed by atoms with Crippen molar-refractivity contribution in [1.82, 2.24) is 4.98 Å². The molecule has 0 aliphatic carbocycles. The molecule has 0 bridgehead atoms. The molecule has 0 radical (unpaired) electrons. The molecule has 202 valence electrons. The monoisotopic (exact) mass is 527 g/mol. The molecule has 0 aliphatic rings. The first kappa shape index (κ1) is 29.0. The molecule has 0 amide bonds. The van der Waals surface area contributed by atoms with Gasteiger partial charge in [-0.05, 0) is 73.2 Å². The molecular weight excluding hydrogens is 494 g/mol. The van der Waals surface area contributed by atoms with Crippen molar-refractivity contribution in [3.05, 3.63) is 94.8 Å². The molecule has 39 heavy (non-hydrogen) atoms. The number of aryl methyl sites for hydroxylation is 1. The van der Waals surface area contributed by atoms with Crippen LogP contribution in [0.3, 0.4) is 0 Å². The predicted octanol–water partition coefficient (Wildman–Crippen LogP) is 5.64. The number of esters is 2. The second kappa shape index (κ2) is 15.6. The third-order valence-electron chi connectivity index (χ3n) is 5.79. The van der Waals surface area contributed by atoms with E-state index in [9.17, 15) is 9.59 Å². The molecule has 0 saturated heterocycles. The Kier molecular flexibility index (Phi) is 11.6. The Balaban J connectivity index is 1.59. The van der Waals surface area contributed by atoms with Gasteiger partial charge in [0, 0.05) is 12.0 Å². The third kappa shape index (κ3) is 9.67. The van der Waals surface area contributed by atoms with Crippen molar-refractivity contribution in [3.8, 4) is 23.3 Å². The van der Waals surface area contributed by atoms with Gasteiger partial charge in [-0.25, -0.2) is 9.78 Å². The van der Waals surface area contributed by atoms with E-state index in [2.05, 4.69) is 29.0 Å². The number of hydrogen-bond donors (Lipinski definition) is 0. The summed E-state index contributed by atoms with van der Waals surface area (Å²) in [5, 5.41) is 0. The molecular formula is C32H33NO6. The summed E-state index contributed by atoms with van der Waals surface area (Å²) < 4.78 is 20.7. The Morgan fingerprint density at radius 2 is 1.74 bits per heavy atom. The lowest BCUT2D eigenvalue weighted by Crippen LogP contribution is -2.07. The van der Waals surface area contributed by atoms with Crippen molar-refractivity contribution in [2.75, 3.05) is 27.9 Å². The van der Waals surface area contributed by atoms with Crippen LogP contribution in [0, 0.1) is 11.8 Å². The summed E-state index contributed by atoms with van der Waals surface area (Å²) in [6, 6.07) is 18.4. The lowest BCUT2D eigenvalue weighted by atomic mass is 10.1. The summed E-state index contributed by atoms with van der Waals surface area (Å²) in [6.07, 6.45) is 7.61. The van der Waals surface area contributed by atoms with Gasteiger partial charge in [-0.3, -0.25) is 4.79 Å². The van der Waals surface area contributed by atoms with E-state index in [-0.39, 0.29) is 12.4 Å². The van der Waals surface area contributed by atoms with Crippen LogP contribution in [0.4, 0.5) is 0 Å². The van der Waals surface area contributed by atoms with Crippen LogP contribution in [-0.2, 0) is 20.7 Å². The predicted molar refractivity (Wildman–Crippen MR) is 150 cm³/mol. The van der Waals surface area contributed by atoms with Crippen molar-refractivity contribution in [2.45, 2.75) is 32.1 Å². The van der Waals surface area contributed by atoms with Crippen LogP contribution in [0.15, 0.2) is 66.7 Å². The number of pyridine rings is 1. The summed E-state index contributed by atoms with van der Waals surface area (Å²) in [7, 11) is 4.36. The number of methoxy groups -OCH3 is 3. The highest BCUT2D eigenvalue weighted by atomic mass is 16.5. The molecule has 1 heterocycles. The lowest BCUT2D eigenvalue weighted by molar-refractivity contribution is -0.140. The molecule has 1 aromatic heterocycles. The van der Waals surface area contributed by atoms with Crippen LogP contribution in [0.25, 0.3) is 6.08 Å². The summed E-state index contributed by atoms with van der Waals surface area (Å²) in [6.45, 7) is 0.536. The van der Waals surface area contributed by atoms with Gasteiger partial charge in [-0.15, -0.1) is 0 Å². The quantitative estimate of drug-likeness (QED) is 0.171. The van der Waals surface area contributed by atoms with Gasteiger partial charge in [0.15, 0.2) is 0 Å². The molecule has 0 saturated carbocycles. The zero-order valence-corrected chi connectivity index (χ0v) is 22.6. The van der Waals surface area contributed by atoms with Crippen LogP contribution in [-0.4, -0.2) is 44.9 Å². The van der Waals surface area contributed by atoms with E-state index in [4.69, 9.17) is 18.9 Å². The Bertz CT molecular complexity index is 1330. The van der Waals surface area contributed by atoms with E-state index in [0.717, 1.165) is 30.6 Å². The first-order valence-corrected chi connectivity index (χ1v) is 12.7. The van der Waals surface area contributed by atoms with Crippen LogP contribution >= 0.6 is 0 Å². The number of rotatable bonds is 12. The fourth-order valence-corrected chi connectivity index (χ4v) is 3.65. The number of allylic oxidation sites excluding steroid dienone is 1. The molecule has 7 heteroatoms.